The first-order chi connectivity index (χ1) is 31.9. The van der Waals surface area contributed by atoms with Crippen molar-refractivity contribution in [2.75, 3.05) is 60.0 Å². The van der Waals surface area contributed by atoms with Crippen molar-refractivity contribution in [1.29, 1.82) is 0 Å². The van der Waals surface area contributed by atoms with Crippen molar-refractivity contribution < 1.29 is 49.6 Å². The number of aromatic hydroxyl groups is 2. The maximum absolute atomic E-state index is 11.5. The zero-order valence-corrected chi connectivity index (χ0v) is 38.7. The minimum atomic E-state index is -1.09. The smallest absolute Gasteiger partial charge is 0.161 e. The lowest BCUT2D eigenvalue weighted by Gasteiger charge is -2.47. The molecule has 14 heteroatoms. The maximum atomic E-state index is 11.5. The van der Waals surface area contributed by atoms with E-state index in [1.54, 1.807) is 12.1 Å². The number of aryl methyl sites for hydroxylation is 1. The summed E-state index contributed by atoms with van der Waals surface area (Å²) in [6.07, 6.45) is 5.05. The number of hydrogen-bond donors (Lipinski definition) is 10. The maximum Gasteiger partial charge on any atom is 0.161 e. The van der Waals surface area contributed by atoms with Crippen molar-refractivity contribution in [2.45, 2.75) is 101 Å². The van der Waals surface area contributed by atoms with Crippen LogP contribution in [0.15, 0.2) is 60.8 Å². The molecule has 0 amide bonds. The Balaban J connectivity index is 1.29. The van der Waals surface area contributed by atoms with Gasteiger partial charge in [-0.3, -0.25) is 5.32 Å². The van der Waals surface area contributed by atoms with Crippen LogP contribution in [0.25, 0.3) is 22.0 Å². The molecule has 3 aliphatic rings. The number of fused-ring (bicyclic) bond motifs is 9. The second-order valence-electron chi connectivity index (χ2n) is 19.1. The molecule has 5 aromatic rings. The molecular weight excluding hydrogens is 841 g/mol. The van der Waals surface area contributed by atoms with E-state index in [0.29, 0.717) is 99.7 Å². The van der Waals surface area contributed by atoms with Gasteiger partial charge < -0.3 is 65.2 Å². The van der Waals surface area contributed by atoms with Crippen LogP contribution in [-0.4, -0.2) is 113 Å². The van der Waals surface area contributed by atoms with Gasteiger partial charge in [-0.2, -0.15) is 0 Å². The molecule has 0 saturated carbocycles. The minimum Gasteiger partial charge on any atom is -0.508 e. The molecule has 1 aliphatic carbocycles. The fourth-order valence-corrected chi connectivity index (χ4v) is 10.6. The Morgan fingerprint density at radius 3 is 2.58 bits per heavy atom. The molecule has 0 saturated heterocycles. The van der Waals surface area contributed by atoms with E-state index in [2.05, 4.69) is 59.0 Å². The van der Waals surface area contributed by atoms with Crippen LogP contribution < -0.4 is 30.2 Å². The van der Waals surface area contributed by atoms with Crippen molar-refractivity contribution in [3.8, 4) is 39.9 Å². The molecule has 356 valence electrons. The molecule has 5 atom stereocenters. The number of phenols is 2. The van der Waals surface area contributed by atoms with Gasteiger partial charge in [-0.25, -0.2) is 0 Å². The molecule has 8 rings (SSSR count). The number of H-pyrrole nitrogens is 1. The predicted molar refractivity (Wildman–Crippen MR) is 254 cm³/mol. The average Bonchev–Trinajstić information content (AvgIpc) is 3.77. The van der Waals surface area contributed by atoms with Crippen molar-refractivity contribution in [3.63, 3.8) is 0 Å². The largest absolute Gasteiger partial charge is 0.508 e. The number of hydrogen-bond acceptors (Lipinski definition) is 13. The van der Waals surface area contributed by atoms with Crippen LogP contribution in [0, 0.1) is 5.92 Å². The van der Waals surface area contributed by atoms with E-state index >= 15 is 0 Å². The second kappa shape index (κ2) is 20.5. The number of rotatable bonds is 21. The van der Waals surface area contributed by atoms with Gasteiger partial charge >= 0.3 is 0 Å². The van der Waals surface area contributed by atoms with Gasteiger partial charge in [0, 0.05) is 61.2 Å². The van der Waals surface area contributed by atoms with Crippen LogP contribution in [0.2, 0.25) is 0 Å². The van der Waals surface area contributed by atoms with E-state index in [0.717, 1.165) is 44.3 Å². The highest BCUT2D eigenvalue weighted by molar-refractivity contribution is 5.85. The Labute approximate surface area is 387 Å². The van der Waals surface area contributed by atoms with Crippen LogP contribution in [-0.2, 0) is 36.8 Å². The third kappa shape index (κ3) is 10.0. The number of aromatic nitrogens is 1. The van der Waals surface area contributed by atoms with E-state index in [1.165, 1.54) is 5.56 Å². The molecule has 66 heavy (non-hydrogen) atoms. The summed E-state index contributed by atoms with van der Waals surface area (Å²) in [6, 6.07) is 17.8. The minimum absolute atomic E-state index is 0.0286. The van der Waals surface area contributed by atoms with Gasteiger partial charge in [0.1, 0.15) is 35.6 Å². The molecule has 14 nitrogen and oxygen atoms in total. The summed E-state index contributed by atoms with van der Waals surface area (Å²) in [5.74, 6) is 1.99. The van der Waals surface area contributed by atoms with Gasteiger partial charge in [0.25, 0.3) is 0 Å². The van der Waals surface area contributed by atoms with Crippen LogP contribution in [0.1, 0.15) is 91.0 Å². The van der Waals surface area contributed by atoms with Crippen LogP contribution >= 0.6 is 0 Å². The lowest BCUT2D eigenvalue weighted by atomic mass is 9.70. The highest BCUT2D eigenvalue weighted by Gasteiger charge is 2.50. The number of ether oxygens (including phenoxy) is 4. The molecule has 10 N–H and O–H groups in total. The summed E-state index contributed by atoms with van der Waals surface area (Å²) >= 11 is 0. The third-order valence-electron chi connectivity index (χ3n) is 13.4. The second-order valence-corrected chi connectivity index (χ2v) is 19.1. The summed E-state index contributed by atoms with van der Waals surface area (Å²) in [5.41, 5.74) is 7.38. The average molecular weight is 909 g/mol. The lowest BCUT2D eigenvalue weighted by Crippen LogP contribution is -2.56. The monoisotopic (exact) mass is 908 g/mol. The zero-order valence-electron chi connectivity index (χ0n) is 38.7. The van der Waals surface area contributed by atoms with Gasteiger partial charge in [0.05, 0.1) is 25.5 Å². The third-order valence-corrected chi connectivity index (χ3v) is 13.4. The molecule has 0 radical (unpaired) electrons. The standard InChI is InChI=1S/C52H68N4O10/c1-31(2)24-51(3,62)27-54-29-55-28-52(64-30-53-4)25-43-42-21-35(19-32-7-12-44-33(18-32)13-14-56-44)41-23-37(60)8-10-39(41)46(42)49-40(11-9-38(26-59)65-49)48(43)66-50(52)36-20-34(6-5-15-57)47(61)45(22-36)63-17-16-58/h7-8,10,12-14,18,20,22-23,31,35,38,50,53-62H,5-6,9,11,15-17,19,21,24-30H2,1-4H3/t35-,38-,50-,51+,52+/m1/s1. The quantitative estimate of drug-likeness (QED) is 0.0319. The Morgan fingerprint density at radius 1 is 0.955 bits per heavy atom. The van der Waals surface area contributed by atoms with Gasteiger partial charge in [0.15, 0.2) is 17.6 Å². The van der Waals surface area contributed by atoms with Crippen LogP contribution in [0.3, 0.4) is 0 Å². The van der Waals surface area contributed by atoms with Crippen LogP contribution in [0.5, 0.6) is 28.7 Å². The first-order valence-electron chi connectivity index (χ1n) is 23.5. The number of aromatic amines is 1. The molecule has 2 aliphatic heterocycles. The van der Waals surface area contributed by atoms with E-state index in [1.807, 2.05) is 38.4 Å². The van der Waals surface area contributed by atoms with Crippen LogP contribution in [0.4, 0.5) is 0 Å². The summed E-state index contributed by atoms with van der Waals surface area (Å²) in [6.45, 7) is 6.75. The van der Waals surface area contributed by atoms with Gasteiger partial charge in [-0.1, -0.05) is 26.0 Å². The normalized spacial score (nSPS) is 20.8. The molecule has 0 unspecified atom stereocenters. The van der Waals surface area contributed by atoms with Crippen molar-refractivity contribution in [1.82, 2.24) is 20.9 Å². The molecule has 0 bridgehead atoms. The zero-order chi connectivity index (χ0) is 46.6. The van der Waals surface area contributed by atoms with E-state index in [-0.39, 0.29) is 56.3 Å². The van der Waals surface area contributed by atoms with E-state index < -0.39 is 23.4 Å². The number of aliphatic hydroxyl groups is 4. The van der Waals surface area contributed by atoms with Gasteiger partial charge in [-0.05, 0) is 152 Å². The fourth-order valence-electron chi connectivity index (χ4n) is 10.6. The SMILES string of the molecule is CNCO[C@]1(CNCNC[C@@](C)(O)CC(C)C)Cc2c3c(c4c(c2O[C@@H]1c1cc(CCCO)c(O)c(OCCO)c1)CC[C@H](CO)O4)-c1ccc(O)cc1[C@H](Cc1ccc2[nH]ccc2c1)C3. The van der Waals surface area contributed by atoms with E-state index in [4.69, 9.17) is 18.9 Å². The first kappa shape index (κ1) is 47.6. The summed E-state index contributed by atoms with van der Waals surface area (Å²) in [7, 11) is 1.83. The molecule has 1 aromatic heterocycles. The summed E-state index contributed by atoms with van der Waals surface area (Å²) < 4.78 is 27.3. The topological polar surface area (TPSA) is 210 Å². The molecule has 4 aromatic carbocycles. The highest BCUT2D eigenvalue weighted by Crippen LogP contribution is 2.58. The van der Waals surface area contributed by atoms with Gasteiger partial charge in [-0.15, -0.1) is 0 Å². The fraction of sp³-hybridized carbons (Fsp3) is 0.500. The lowest BCUT2D eigenvalue weighted by molar-refractivity contribution is -0.129. The highest BCUT2D eigenvalue weighted by atomic mass is 16.6. The van der Waals surface area contributed by atoms with Gasteiger partial charge in [0.2, 0.25) is 0 Å². The number of phenolic OH excluding ortho intramolecular Hbond substituents is 2. The molecule has 0 spiro atoms. The first-order valence-corrected chi connectivity index (χ1v) is 23.5. The predicted octanol–water partition coefficient (Wildman–Crippen LogP) is 5.65. The molecule has 3 heterocycles. The summed E-state index contributed by atoms with van der Waals surface area (Å²) in [4.78, 5) is 3.30. The number of aliphatic hydroxyl groups excluding tert-OH is 3. The van der Waals surface area contributed by atoms with E-state index in [9.17, 15) is 30.6 Å². The Bertz CT molecular complexity index is 2440. The number of nitrogens with one attached hydrogen (secondary N) is 4. The Morgan fingerprint density at radius 2 is 1.80 bits per heavy atom. The van der Waals surface area contributed by atoms with Crippen molar-refractivity contribution in [3.05, 3.63) is 99.7 Å². The Hall–Kier alpha value is -4.90. The molecular formula is C52H68N4O10. The van der Waals surface area contributed by atoms with Crippen molar-refractivity contribution >= 4 is 10.9 Å². The number of benzene rings is 4. The molecule has 0 fully saturated rings. The Kier molecular flexibility index (Phi) is 14.8. The summed E-state index contributed by atoms with van der Waals surface area (Å²) in [5, 5.41) is 75.1. The van der Waals surface area contributed by atoms with Crippen molar-refractivity contribution in [2.24, 2.45) is 5.92 Å².